The van der Waals surface area contributed by atoms with Crippen molar-refractivity contribution in [2.45, 2.75) is 48.8 Å². The predicted molar refractivity (Wildman–Crippen MR) is 78.0 cm³/mol. The van der Waals surface area contributed by atoms with Crippen molar-refractivity contribution < 1.29 is 26.6 Å². The average molecular weight is 348 g/mol. The fraction of sp³-hybridized carbons (Fsp3) is 0.562. The number of carbonyl (C=O) groups excluding carboxylic acids is 1. The van der Waals surface area contributed by atoms with Gasteiger partial charge in [-0.25, -0.2) is 4.39 Å². The molecule has 7 heteroatoms. The van der Waals surface area contributed by atoms with Gasteiger partial charge in [-0.15, -0.1) is 0 Å². The number of benzene rings is 1. The Morgan fingerprint density at radius 3 is 2.26 bits per heavy atom. The van der Waals surface area contributed by atoms with Crippen molar-refractivity contribution in [3.63, 3.8) is 0 Å². The van der Waals surface area contributed by atoms with Crippen LogP contribution in [0.3, 0.4) is 0 Å². The van der Waals surface area contributed by atoms with E-state index in [0.717, 1.165) is 25.3 Å². The third-order valence-corrected chi connectivity index (χ3v) is 6.85. The summed E-state index contributed by atoms with van der Waals surface area (Å²) >= 11 is 0. The summed E-state index contributed by atoms with van der Waals surface area (Å²) in [5.74, 6) is -2.00. The quantitative estimate of drug-likeness (QED) is 0.595. The SMILES string of the molecule is O=C(c1cc(F)cc(C(F)(F)F)c1)C1CC2CCCC(C1)S2=O. The number of halogens is 4. The lowest BCUT2D eigenvalue weighted by atomic mass is 9.84. The van der Waals surface area contributed by atoms with Gasteiger partial charge in [-0.05, 0) is 43.9 Å². The first-order valence-corrected chi connectivity index (χ1v) is 8.84. The number of carbonyl (C=O) groups is 1. The first-order valence-electron chi connectivity index (χ1n) is 7.57. The molecule has 0 radical (unpaired) electrons. The molecule has 0 spiro atoms. The van der Waals surface area contributed by atoms with Gasteiger partial charge in [0.15, 0.2) is 5.78 Å². The molecule has 23 heavy (non-hydrogen) atoms. The number of hydrogen-bond donors (Lipinski definition) is 0. The minimum absolute atomic E-state index is 0.0629. The van der Waals surface area contributed by atoms with Crippen molar-refractivity contribution in [3.8, 4) is 0 Å². The molecule has 0 aliphatic carbocycles. The number of hydrogen-bond acceptors (Lipinski definition) is 2. The Hall–Kier alpha value is -1.24. The highest BCUT2D eigenvalue weighted by Gasteiger charge is 2.41. The lowest BCUT2D eigenvalue weighted by Crippen LogP contribution is -2.41. The predicted octanol–water partition coefficient (Wildman–Crippen LogP) is 4.11. The molecule has 2 unspecified atom stereocenters. The lowest BCUT2D eigenvalue weighted by Gasteiger charge is -2.37. The second-order valence-electron chi connectivity index (χ2n) is 6.26. The van der Waals surface area contributed by atoms with Gasteiger partial charge in [0.1, 0.15) is 5.82 Å². The van der Waals surface area contributed by atoms with Crippen molar-refractivity contribution in [2.24, 2.45) is 5.92 Å². The maximum atomic E-state index is 13.5. The molecule has 1 aromatic carbocycles. The van der Waals surface area contributed by atoms with E-state index >= 15 is 0 Å². The maximum absolute atomic E-state index is 13.5. The molecule has 2 fully saturated rings. The van der Waals surface area contributed by atoms with E-state index in [1.807, 2.05) is 0 Å². The number of rotatable bonds is 2. The molecule has 2 bridgehead atoms. The van der Waals surface area contributed by atoms with Gasteiger partial charge in [-0.1, -0.05) is 6.42 Å². The van der Waals surface area contributed by atoms with Gasteiger partial charge in [0.05, 0.1) is 5.56 Å². The summed E-state index contributed by atoms with van der Waals surface area (Å²) in [4.78, 5) is 12.5. The van der Waals surface area contributed by atoms with Crippen molar-refractivity contribution >= 4 is 16.6 Å². The molecule has 3 rings (SSSR count). The van der Waals surface area contributed by atoms with Gasteiger partial charge in [0, 0.05) is 32.8 Å². The summed E-state index contributed by atoms with van der Waals surface area (Å²) in [5.41, 5.74) is -1.39. The van der Waals surface area contributed by atoms with Gasteiger partial charge in [0.25, 0.3) is 0 Å². The second-order valence-corrected chi connectivity index (χ2v) is 8.25. The van der Waals surface area contributed by atoms with Crippen LogP contribution in [0.2, 0.25) is 0 Å². The minimum Gasteiger partial charge on any atom is -0.294 e. The Morgan fingerprint density at radius 1 is 1.09 bits per heavy atom. The van der Waals surface area contributed by atoms with E-state index in [-0.39, 0.29) is 16.1 Å². The molecule has 0 saturated carbocycles. The molecule has 0 amide bonds. The Bertz CT molecular complexity index is 640. The smallest absolute Gasteiger partial charge is 0.294 e. The Labute approximate surface area is 133 Å². The third-order valence-electron chi connectivity index (χ3n) is 4.68. The van der Waals surface area contributed by atoms with Crippen LogP contribution in [-0.2, 0) is 17.0 Å². The standard InChI is InChI=1S/C16H16F4O2S/c17-12-5-9(4-11(8-12)16(18,19)20)15(21)10-6-13-2-1-3-14(7-10)23(13)22/h4-5,8,10,13-14H,1-3,6-7H2. The monoisotopic (exact) mass is 348 g/mol. The molecule has 2 atom stereocenters. The van der Waals surface area contributed by atoms with E-state index in [2.05, 4.69) is 0 Å². The molecular weight excluding hydrogens is 332 g/mol. The maximum Gasteiger partial charge on any atom is 0.416 e. The summed E-state index contributed by atoms with van der Waals surface area (Å²) in [5, 5.41) is -0.126. The molecule has 2 aliphatic heterocycles. The van der Waals surface area contributed by atoms with E-state index in [4.69, 9.17) is 0 Å². The Morgan fingerprint density at radius 2 is 1.70 bits per heavy atom. The third kappa shape index (κ3) is 3.34. The van der Waals surface area contributed by atoms with Crippen molar-refractivity contribution in [2.75, 3.05) is 0 Å². The normalized spacial score (nSPS) is 31.0. The molecule has 126 valence electrons. The number of fused-ring (bicyclic) bond motifs is 2. The average Bonchev–Trinajstić information content (AvgIpc) is 2.44. The topological polar surface area (TPSA) is 34.1 Å². The van der Waals surface area contributed by atoms with Gasteiger partial charge < -0.3 is 0 Å². The van der Waals surface area contributed by atoms with Crippen LogP contribution in [-0.4, -0.2) is 20.5 Å². The largest absolute Gasteiger partial charge is 0.416 e. The molecule has 2 aliphatic rings. The summed E-state index contributed by atoms with van der Waals surface area (Å²) in [7, 11) is -0.959. The first kappa shape index (κ1) is 16.6. The molecule has 2 nitrogen and oxygen atoms in total. The van der Waals surface area contributed by atoms with Gasteiger partial charge in [-0.2, -0.15) is 13.2 Å². The number of ketones is 1. The van der Waals surface area contributed by atoms with E-state index in [1.54, 1.807) is 0 Å². The second kappa shape index (κ2) is 6.00. The lowest BCUT2D eigenvalue weighted by molar-refractivity contribution is -0.137. The van der Waals surface area contributed by atoms with Crippen LogP contribution >= 0.6 is 0 Å². The zero-order chi connectivity index (χ0) is 16.8. The minimum atomic E-state index is -4.69. The summed E-state index contributed by atoms with van der Waals surface area (Å²) in [6, 6.07) is 1.97. The Kier molecular flexibility index (Phi) is 4.33. The van der Waals surface area contributed by atoms with E-state index < -0.39 is 40.1 Å². The van der Waals surface area contributed by atoms with E-state index in [0.29, 0.717) is 25.0 Å². The highest BCUT2D eigenvalue weighted by Crippen LogP contribution is 2.39. The van der Waals surface area contributed by atoms with Crippen molar-refractivity contribution in [3.05, 3.63) is 35.1 Å². The molecule has 0 N–H and O–H groups in total. The zero-order valence-corrected chi connectivity index (χ0v) is 13.1. The van der Waals surface area contributed by atoms with Crippen LogP contribution in [0.15, 0.2) is 18.2 Å². The van der Waals surface area contributed by atoms with Crippen LogP contribution in [0, 0.1) is 11.7 Å². The molecular formula is C16H16F4O2S. The fourth-order valence-electron chi connectivity index (χ4n) is 3.58. The van der Waals surface area contributed by atoms with Gasteiger partial charge in [-0.3, -0.25) is 9.00 Å². The summed E-state index contributed by atoms with van der Waals surface area (Å²) in [6.07, 6.45) is -1.32. The number of alkyl halides is 3. The fourth-order valence-corrected chi connectivity index (χ4v) is 5.77. The first-order chi connectivity index (χ1) is 10.8. The highest BCUT2D eigenvalue weighted by molar-refractivity contribution is 7.86. The molecule has 0 aromatic heterocycles. The van der Waals surface area contributed by atoms with Crippen LogP contribution in [0.1, 0.15) is 48.0 Å². The molecule has 2 heterocycles. The van der Waals surface area contributed by atoms with Crippen molar-refractivity contribution in [1.29, 1.82) is 0 Å². The van der Waals surface area contributed by atoms with Crippen molar-refractivity contribution in [1.82, 2.24) is 0 Å². The molecule has 2 saturated heterocycles. The van der Waals surface area contributed by atoms with Crippen LogP contribution in [0.25, 0.3) is 0 Å². The van der Waals surface area contributed by atoms with E-state index in [1.165, 1.54) is 0 Å². The highest BCUT2D eigenvalue weighted by atomic mass is 32.2. The Balaban J connectivity index is 1.86. The van der Waals surface area contributed by atoms with Crippen LogP contribution in [0.5, 0.6) is 0 Å². The summed E-state index contributed by atoms with van der Waals surface area (Å²) < 4.78 is 63.9. The van der Waals surface area contributed by atoms with Crippen LogP contribution in [0.4, 0.5) is 17.6 Å². The molecule has 1 aromatic rings. The van der Waals surface area contributed by atoms with Gasteiger partial charge in [0.2, 0.25) is 0 Å². The summed E-state index contributed by atoms with van der Waals surface area (Å²) in [6.45, 7) is 0. The van der Waals surface area contributed by atoms with Crippen LogP contribution < -0.4 is 0 Å². The zero-order valence-electron chi connectivity index (χ0n) is 12.2. The number of Topliss-reactive ketones (excluding diaryl/α,β-unsaturated/α-hetero) is 1. The van der Waals surface area contributed by atoms with Gasteiger partial charge >= 0.3 is 6.18 Å². The van der Waals surface area contributed by atoms with E-state index in [9.17, 15) is 26.6 Å².